The summed E-state index contributed by atoms with van der Waals surface area (Å²) in [4.78, 5) is 17.8. The van der Waals surface area contributed by atoms with E-state index in [0.29, 0.717) is 30.6 Å². The summed E-state index contributed by atoms with van der Waals surface area (Å²) in [5.74, 6) is -1.25. The van der Waals surface area contributed by atoms with Crippen LogP contribution in [0.5, 0.6) is 0 Å². The minimum atomic E-state index is -0.712. The molecule has 5 nitrogen and oxygen atoms in total. The third-order valence-electron chi connectivity index (χ3n) is 7.60. The van der Waals surface area contributed by atoms with Gasteiger partial charge in [-0.1, -0.05) is 30.3 Å². The minimum absolute atomic E-state index is 0.124. The van der Waals surface area contributed by atoms with E-state index in [2.05, 4.69) is 21.9 Å². The molecule has 3 atom stereocenters. The van der Waals surface area contributed by atoms with E-state index in [1.165, 1.54) is 24.4 Å². The van der Waals surface area contributed by atoms with Gasteiger partial charge in [-0.15, -0.1) is 0 Å². The van der Waals surface area contributed by atoms with Gasteiger partial charge in [-0.05, 0) is 56.6 Å². The number of likely N-dealkylation sites (N-methyl/N-ethyl adjacent to an activating group) is 1. The van der Waals surface area contributed by atoms with Gasteiger partial charge in [0.1, 0.15) is 11.6 Å². The number of nitrogens with zero attached hydrogens (tertiary/aromatic N) is 4. The molecule has 2 unspecified atom stereocenters. The van der Waals surface area contributed by atoms with Crippen molar-refractivity contribution in [2.75, 3.05) is 26.7 Å². The summed E-state index contributed by atoms with van der Waals surface area (Å²) in [5, 5.41) is 6.07. The van der Waals surface area contributed by atoms with E-state index in [1.807, 2.05) is 30.3 Å². The number of amides is 1. The van der Waals surface area contributed by atoms with Crippen molar-refractivity contribution in [3.05, 3.63) is 71.3 Å². The standard InChI is InChI=1S/C26H30F2N4O/c1-18(33)32-26(19-7-4-3-5-8-19,11-6-12-31-17-21-14-22(31)16-30(21)2)15-25(29-32)23-13-20(27)9-10-24(23)28/h3-5,7-10,13,21-22H,6,11-12,14-17H2,1-2H3/t21?,22?,26-/m0/s1. The van der Waals surface area contributed by atoms with E-state index in [9.17, 15) is 13.6 Å². The Hall–Kier alpha value is -2.64. The van der Waals surface area contributed by atoms with E-state index in [4.69, 9.17) is 0 Å². The fourth-order valence-corrected chi connectivity index (χ4v) is 5.95. The van der Waals surface area contributed by atoms with E-state index in [-0.39, 0.29) is 11.5 Å². The number of carbonyl (C=O) groups is 1. The average Bonchev–Trinajstić information content (AvgIpc) is 3.49. The van der Waals surface area contributed by atoms with Gasteiger partial charge in [0.15, 0.2) is 0 Å². The second-order valence-corrected chi connectivity index (χ2v) is 9.66. The molecule has 0 saturated carbocycles. The van der Waals surface area contributed by atoms with Crippen LogP contribution in [-0.4, -0.2) is 65.2 Å². The van der Waals surface area contributed by atoms with Crippen molar-refractivity contribution in [3.63, 3.8) is 0 Å². The molecule has 1 amide bonds. The normalized spacial score (nSPS) is 27.4. The molecule has 7 heteroatoms. The Morgan fingerprint density at radius 2 is 1.91 bits per heavy atom. The van der Waals surface area contributed by atoms with Crippen molar-refractivity contribution >= 4 is 11.6 Å². The molecule has 3 heterocycles. The first-order valence-corrected chi connectivity index (χ1v) is 11.7. The number of halogens is 2. The molecular weight excluding hydrogens is 422 g/mol. The second-order valence-electron chi connectivity index (χ2n) is 9.66. The monoisotopic (exact) mass is 452 g/mol. The van der Waals surface area contributed by atoms with Crippen LogP contribution in [0.1, 0.15) is 43.7 Å². The van der Waals surface area contributed by atoms with Crippen LogP contribution in [-0.2, 0) is 10.3 Å². The van der Waals surface area contributed by atoms with Gasteiger partial charge < -0.3 is 4.90 Å². The number of benzene rings is 2. The molecular formula is C26H30F2N4O. The van der Waals surface area contributed by atoms with Crippen molar-refractivity contribution in [2.45, 2.75) is 50.2 Å². The van der Waals surface area contributed by atoms with Gasteiger partial charge in [0.05, 0.1) is 11.3 Å². The maximum Gasteiger partial charge on any atom is 0.240 e. The number of hydrazone groups is 1. The smallest absolute Gasteiger partial charge is 0.240 e. The molecule has 0 spiro atoms. The number of carbonyl (C=O) groups excluding carboxylic acids is 1. The molecule has 0 aromatic heterocycles. The van der Waals surface area contributed by atoms with E-state index >= 15 is 0 Å². The molecule has 0 N–H and O–H groups in total. The third kappa shape index (κ3) is 3.97. The highest BCUT2D eigenvalue weighted by Crippen LogP contribution is 2.43. The van der Waals surface area contributed by atoms with Crippen molar-refractivity contribution in [1.82, 2.24) is 14.8 Å². The third-order valence-corrected chi connectivity index (χ3v) is 7.60. The quantitative estimate of drug-likeness (QED) is 0.666. The molecule has 3 aliphatic heterocycles. The van der Waals surface area contributed by atoms with Gasteiger partial charge in [0.25, 0.3) is 0 Å². The van der Waals surface area contributed by atoms with Crippen LogP contribution in [0.2, 0.25) is 0 Å². The number of piperazine rings is 1. The summed E-state index contributed by atoms with van der Waals surface area (Å²) >= 11 is 0. The van der Waals surface area contributed by atoms with Gasteiger partial charge >= 0.3 is 0 Å². The Bertz CT molecular complexity index is 1070. The first kappa shape index (κ1) is 22.2. The molecule has 174 valence electrons. The highest BCUT2D eigenvalue weighted by molar-refractivity contribution is 6.03. The van der Waals surface area contributed by atoms with Crippen LogP contribution in [0, 0.1) is 11.6 Å². The lowest BCUT2D eigenvalue weighted by atomic mass is 9.80. The zero-order valence-electron chi connectivity index (χ0n) is 19.2. The van der Waals surface area contributed by atoms with Crippen molar-refractivity contribution in [2.24, 2.45) is 5.10 Å². The summed E-state index contributed by atoms with van der Waals surface area (Å²) in [6.45, 7) is 4.65. The fraction of sp³-hybridized carbons (Fsp3) is 0.462. The number of fused-ring (bicyclic) bond motifs is 2. The number of hydrogen-bond donors (Lipinski definition) is 0. The molecule has 5 rings (SSSR count). The van der Waals surface area contributed by atoms with Gasteiger partial charge in [0.2, 0.25) is 5.91 Å². The summed E-state index contributed by atoms with van der Waals surface area (Å²) in [6, 6.07) is 14.5. The van der Waals surface area contributed by atoms with Gasteiger partial charge in [-0.25, -0.2) is 13.8 Å². The molecule has 0 aliphatic carbocycles. The van der Waals surface area contributed by atoms with E-state index in [0.717, 1.165) is 43.8 Å². The number of hydrogen-bond acceptors (Lipinski definition) is 4. The largest absolute Gasteiger partial charge is 0.301 e. The summed E-state index contributed by atoms with van der Waals surface area (Å²) in [7, 11) is 2.19. The molecule has 2 aromatic carbocycles. The first-order valence-electron chi connectivity index (χ1n) is 11.7. The Balaban J connectivity index is 1.43. The lowest BCUT2D eigenvalue weighted by Crippen LogP contribution is -2.46. The van der Waals surface area contributed by atoms with Gasteiger partial charge in [-0.3, -0.25) is 9.69 Å². The SMILES string of the molecule is CC(=O)N1N=C(c2cc(F)ccc2F)C[C@@]1(CCCN1CC2CC1CN2C)c1ccccc1. The van der Waals surface area contributed by atoms with Gasteiger partial charge in [0, 0.05) is 44.1 Å². The van der Waals surface area contributed by atoms with Crippen LogP contribution >= 0.6 is 0 Å². The first-order chi connectivity index (χ1) is 15.9. The summed E-state index contributed by atoms with van der Waals surface area (Å²) in [6.07, 6.45) is 3.17. The Kier molecular flexibility index (Phi) is 5.79. The minimum Gasteiger partial charge on any atom is -0.301 e. The summed E-state index contributed by atoms with van der Waals surface area (Å²) in [5.41, 5.74) is 0.793. The topological polar surface area (TPSA) is 39.2 Å². The molecule has 2 saturated heterocycles. The molecule has 33 heavy (non-hydrogen) atoms. The zero-order chi connectivity index (χ0) is 23.2. The van der Waals surface area contributed by atoms with Crippen LogP contribution in [0.3, 0.4) is 0 Å². The van der Waals surface area contributed by atoms with Gasteiger partial charge in [-0.2, -0.15) is 5.10 Å². The fourth-order valence-electron chi connectivity index (χ4n) is 5.95. The molecule has 2 fully saturated rings. The van der Waals surface area contributed by atoms with Crippen molar-refractivity contribution < 1.29 is 13.6 Å². The summed E-state index contributed by atoms with van der Waals surface area (Å²) < 4.78 is 28.6. The predicted octanol–water partition coefficient (Wildman–Crippen LogP) is 3.99. The zero-order valence-corrected chi connectivity index (χ0v) is 19.2. The van der Waals surface area contributed by atoms with Crippen LogP contribution in [0.15, 0.2) is 53.6 Å². The van der Waals surface area contributed by atoms with E-state index in [1.54, 1.807) is 0 Å². The molecule has 2 bridgehead atoms. The number of rotatable bonds is 6. The maximum absolute atomic E-state index is 14.6. The lowest BCUT2D eigenvalue weighted by Gasteiger charge is -2.38. The average molecular weight is 453 g/mol. The molecule has 0 radical (unpaired) electrons. The van der Waals surface area contributed by atoms with Crippen LogP contribution < -0.4 is 0 Å². The second kappa shape index (κ2) is 8.61. The van der Waals surface area contributed by atoms with Crippen LogP contribution in [0.4, 0.5) is 8.78 Å². The number of likely N-dealkylation sites (tertiary alicyclic amines) is 2. The maximum atomic E-state index is 14.6. The predicted molar refractivity (Wildman–Crippen MR) is 124 cm³/mol. The van der Waals surface area contributed by atoms with Crippen molar-refractivity contribution in [3.8, 4) is 0 Å². The Morgan fingerprint density at radius 3 is 2.58 bits per heavy atom. The molecule has 3 aliphatic rings. The Morgan fingerprint density at radius 1 is 1.12 bits per heavy atom. The highest BCUT2D eigenvalue weighted by atomic mass is 19.1. The highest BCUT2D eigenvalue weighted by Gasteiger charge is 2.47. The lowest BCUT2D eigenvalue weighted by molar-refractivity contribution is -0.135. The Labute approximate surface area is 193 Å². The van der Waals surface area contributed by atoms with Crippen molar-refractivity contribution in [1.29, 1.82) is 0 Å². The van der Waals surface area contributed by atoms with Crippen LogP contribution in [0.25, 0.3) is 0 Å². The van der Waals surface area contributed by atoms with E-state index < -0.39 is 17.2 Å². The molecule has 2 aromatic rings.